The van der Waals surface area contributed by atoms with Crippen LogP contribution in [-0.4, -0.2) is 11.8 Å². The second-order valence-electron chi connectivity index (χ2n) is 5.85. The predicted octanol–water partition coefficient (Wildman–Crippen LogP) is 4.77. The summed E-state index contributed by atoms with van der Waals surface area (Å²) < 4.78 is 13.9. The van der Waals surface area contributed by atoms with E-state index < -0.39 is 5.82 Å². The normalized spacial score (nSPS) is 10.3. The number of nitrogens with one attached hydrogen (secondary N) is 2. The Labute approximate surface area is 164 Å². The van der Waals surface area contributed by atoms with Crippen molar-refractivity contribution >= 4 is 33.4 Å². The van der Waals surface area contributed by atoms with Gasteiger partial charge in [-0.25, -0.2) is 4.39 Å². The van der Waals surface area contributed by atoms with E-state index in [2.05, 4.69) is 26.6 Å². The molecule has 3 aromatic carbocycles. The number of anilines is 1. The molecule has 0 aliphatic carbocycles. The maximum Gasteiger partial charge on any atom is 0.255 e. The summed E-state index contributed by atoms with van der Waals surface area (Å²) in [6.45, 7) is 0.329. The molecule has 0 aliphatic heterocycles. The Kier molecular flexibility index (Phi) is 5.98. The third-order valence-electron chi connectivity index (χ3n) is 3.85. The SMILES string of the molecule is O=C(NCc1cccc(NC(=O)c2ccc(F)cc2)c1)c1ccc(Br)cc1. The molecule has 0 radical (unpaired) electrons. The summed E-state index contributed by atoms with van der Waals surface area (Å²) in [6, 6.07) is 19.6. The van der Waals surface area contributed by atoms with Crippen LogP contribution in [0.5, 0.6) is 0 Å². The number of carbonyl (C=O) groups excluding carboxylic acids is 2. The summed E-state index contributed by atoms with van der Waals surface area (Å²) in [7, 11) is 0. The van der Waals surface area contributed by atoms with Crippen LogP contribution in [0.4, 0.5) is 10.1 Å². The Morgan fingerprint density at radius 2 is 1.48 bits per heavy atom. The molecule has 136 valence electrons. The molecule has 3 aromatic rings. The number of halogens is 2. The number of hydrogen-bond acceptors (Lipinski definition) is 2. The van der Waals surface area contributed by atoms with Gasteiger partial charge < -0.3 is 10.6 Å². The lowest BCUT2D eigenvalue weighted by Gasteiger charge is -2.09. The fourth-order valence-corrected chi connectivity index (χ4v) is 2.71. The van der Waals surface area contributed by atoms with Gasteiger partial charge in [0.15, 0.2) is 0 Å². The van der Waals surface area contributed by atoms with E-state index in [4.69, 9.17) is 0 Å². The van der Waals surface area contributed by atoms with Gasteiger partial charge in [0.1, 0.15) is 5.82 Å². The molecule has 0 unspecified atom stereocenters. The molecule has 0 aromatic heterocycles. The van der Waals surface area contributed by atoms with Crippen LogP contribution < -0.4 is 10.6 Å². The monoisotopic (exact) mass is 426 g/mol. The minimum Gasteiger partial charge on any atom is -0.348 e. The number of amides is 2. The van der Waals surface area contributed by atoms with Crippen LogP contribution in [-0.2, 0) is 6.54 Å². The van der Waals surface area contributed by atoms with Crippen LogP contribution in [0.2, 0.25) is 0 Å². The van der Waals surface area contributed by atoms with Crippen LogP contribution in [0.1, 0.15) is 26.3 Å². The van der Waals surface area contributed by atoms with Crippen LogP contribution in [0.25, 0.3) is 0 Å². The van der Waals surface area contributed by atoms with Crippen molar-refractivity contribution in [2.24, 2.45) is 0 Å². The number of hydrogen-bond donors (Lipinski definition) is 2. The van der Waals surface area contributed by atoms with E-state index in [-0.39, 0.29) is 11.8 Å². The van der Waals surface area contributed by atoms with Crippen molar-refractivity contribution in [3.05, 3.63) is 99.8 Å². The van der Waals surface area contributed by atoms with E-state index in [1.165, 1.54) is 24.3 Å². The summed E-state index contributed by atoms with van der Waals surface area (Å²) in [5.74, 6) is -0.899. The molecule has 6 heteroatoms. The summed E-state index contributed by atoms with van der Waals surface area (Å²) in [6.07, 6.45) is 0. The lowest BCUT2D eigenvalue weighted by Crippen LogP contribution is -2.22. The molecule has 0 fully saturated rings. The number of carbonyl (C=O) groups is 2. The first-order valence-electron chi connectivity index (χ1n) is 8.21. The highest BCUT2D eigenvalue weighted by molar-refractivity contribution is 9.10. The van der Waals surface area contributed by atoms with E-state index >= 15 is 0 Å². The fourth-order valence-electron chi connectivity index (χ4n) is 2.45. The summed E-state index contributed by atoms with van der Waals surface area (Å²) >= 11 is 3.33. The largest absolute Gasteiger partial charge is 0.348 e. The van der Waals surface area contributed by atoms with Crippen molar-refractivity contribution in [1.29, 1.82) is 0 Å². The van der Waals surface area contributed by atoms with Crippen LogP contribution in [0, 0.1) is 5.82 Å². The molecular formula is C21H16BrFN2O2. The minimum absolute atomic E-state index is 0.178. The Bertz CT molecular complexity index is 957. The highest BCUT2D eigenvalue weighted by Crippen LogP contribution is 2.14. The van der Waals surface area contributed by atoms with Crippen molar-refractivity contribution in [3.63, 3.8) is 0 Å². The van der Waals surface area contributed by atoms with E-state index in [1.807, 2.05) is 6.07 Å². The number of rotatable bonds is 5. The number of benzene rings is 3. The molecule has 4 nitrogen and oxygen atoms in total. The second-order valence-corrected chi connectivity index (χ2v) is 6.77. The maximum atomic E-state index is 13.0. The molecule has 3 rings (SSSR count). The van der Waals surface area contributed by atoms with Gasteiger partial charge in [0, 0.05) is 27.8 Å². The quantitative estimate of drug-likeness (QED) is 0.617. The fraction of sp³-hybridized carbons (Fsp3) is 0.0476. The van der Waals surface area contributed by atoms with E-state index in [0.29, 0.717) is 23.4 Å². The zero-order valence-electron chi connectivity index (χ0n) is 14.2. The Balaban J connectivity index is 1.61. The van der Waals surface area contributed by atoms with Gasteiger partial charge in [0.05, 0.1) is 0 Å². The molecule has 0 atom stereocenters. The smallest absolute Gasteiger partial charge is 0.255 e. The van der Waals surface area contributed by atoms with Gasteiger partial charge >= 0.3 is 0 Å². The van der Waals surface area contributed by atoms with Crippen molar-refractivity contribution in [2.75, 3.05) is 5.32 Å². The van der Waals surface area contributed by atoms with Crippen molar-refractivity contribution in [2.45, 2.75) is 6.54 Å². The van der Waals surface area contributed by atoms with Crippen LogP contribution >= 0.6 is 15.9 Å². The lowest BCUT2D eigenvalue weighted by molar-refractivity contribution is 0.0950. The third-order valence-corrected chi connectivity index (χ3v) is 4.38. The van der Waals surface area contributed by atoms with Gasteiger partial charge in [-0.15, -0.1) is 0 Å². The summed E-state index contributed by atoms with van der Waals surface area (Å²) in [4.78, 5) is 24.4. The molecule has 0 bridgehead atoms. The Hall–Kier alpha value is -2.99. The van der Waals surface area contributed by atoms with E-state index in [0.717, 1.165) is 10.0 Å². The summed E-state index contributed by atoms with van der Waals surface area (Å²) in [5, 5.41) is 5.61. The zero-order chi connectivity index (χ0) is 19.2. The zero-order valence-corrected chi connectivity index (χ0v) is 15.8. The average molecular weight is 427 g/mol. The van der Waals surface area contributed by atoms with Crippen molar-refractivity contribution in [1.82, 2.24) is 5.32 Å². The summed E-state index contributed by atoms with van der Waals surface area (Å²) in [5.41, 5.74) is 2.38. The van der Waals surface area contributed by atoms with Gasteiger partial charge in [0.2, 0.25) is 0 Å². The molecule has 0 saturated heterocycles. The molecule has 0 spiro atoms. The van der Waals surface area contributed by atoms with Crippen LogP contribution in [0.3, 0.4) is 0 Å². The first-order valence-corrected chi connectivity index (χ1v) is 9.00. The van der Waals surface area contributed by atoms with Crippen LogP contribution in [0.15, 0.2) is 77.3 Å². The molecule has 0 heterocycles. The molecule has 2 amide bonds. The molecule has 2 N–H and O–H groups in total. The average Bonchev–Trinajstić information content (AvgIpc) is 2.67. The van der Waals surface area contributed by atoms with Gasteiger partial charge in [0.25, 0.3) is 11.8 Å². The molecule has 0 saturated carbocycles. The topological polar surface area (TPSA) is 58.2 Å². The standard InChI is InChI=1S/C21H16BrFN2O2/c22-17-8-4-15(5-9-17)20(26)24-13-14-2-1-3-19(12-14)25-21(27)16-6-10-18(23)11-7-16/h1-12H,13H2,(H,24,26)(H,25,27). The highest BCUT2D eigenvalue weighted by Gasteiger charge is 2.08. The van der Waals surface area contributed by atoms with E-state index in [9.17, 15) is 14.0 Å². The molecule has 27 heavy (non-hydrogen) atoms. The lowest BCUT2D eigenvalue weighted by atomic mass is 10.1. The first-order chi connectivity index (χ1) is 13.0. The molecular weight excluding hydrogens is 411 g/mol. The third kappa shape index (κ3) is 5.24. The first kappa shape index (κ1) is 18.8. The Morgan fingerprint density at radius 3 is 2.19 bits per heavy atom. The Morgan fingerprint density at radius 1 is 0.852 bits per heavy atom. The van der Waals surface area contributed by atoms with Crippen molar-refractivity contribution in [3.8, 4) is 0 Å². The van der Waals surface area contributed by atoms with Gasteiger partial charge in [-0.1, -0.05) is 28.1 Å². The predicted molar refractivity (Wildman–Crippen MR) is 106 cm³/mol. The minimum atomic E-state index is -0.393. The van der Waals surface area contributed by atoms with Crippen molar-refractivity contribution < 1.29 is 14.0 Å². The molecule has 0 aliphatic rings. The second kappa shape index (κ2) is 8.60. The maximum absolute atomic E-state index is 13.0. The van der Waals surface area contributed by atoms with Gasteiger partial charge in [-0.2, -0.15) is 0 Å². The highest BCUT2D eigenvalue weighted by atomic mass is 79.9. The van der Waals surface area contributed by atoms with Gasteiger partial charge in [-0.05, 0) is 66.2 Å². The van der Waals surface area contributed by atoms with E-state index in [1.54, 1.807) is 42.5 Å². The van der Waals surface area contributed by atoms with Gasteiger partial charge in [-0.3, -0.25) is 9.59 Å².